The van der Waals surface area contributed by atoms with Gasteiger partial charge < -0.3 is 26.8 Å². The van der Waals surface area contributed by atoms with Gasteiger partial charge in [0.2, 0.25) is 11.8 Å². The molecule has 2 aromatic rings. The number of unbranched alkanes of at least 4 members (excludes halogenated alkanes) is 1. The fourth-order valence-electron chi connectivity index (χ4n) is 4.22. The molecule has 178 valence electrons. The number of nitrogens with two attached hydrogens (primary N) is 2. The Kier molecular flexibility index (Phi) is 9.06. The standard InChI is InChI=1S/C25H34N4O4/c26-22(30)16-29-24(31)20-14-18-10-4-5-11-19(18)15-21(20)33-13-7-6-12-28-25(32)23(27)17-8-2-1-3-9-17/h4-5,10-11,14-15,17,23H,1-3,6-9,12-13,16,27H2,(H2,26,30)(H,28,32)(H,29,31). The predicted molar refractivity (Wildman–Crippen MR) is 128 cm³/mol. The average molecular weight is 455 g/mol. The fourth-order valence-corrected chi connectivity index (χ4v) is 4.22. The van der Waals surface area contributed by atoms with E-state index in [1.807, 2.05) is 30.3 Å². The summed E-state index contributed by atoms with van der Waals surface area (Å²) in [5, 5.41) is 7.29. The third-order valence-corrected chi connectivity index (χ3v) is 6.10. The molecular weight excluding hydrogens is 420 g/mol. The second kappa shape index (κ2) is 12.2. The van der Waals surface area contributed by atoms with Crippen LogP contribution < -0.4 is 26.8 Å². The van der Waals surface area contributed by atoms with Crippen LogP contribution in [0.5, 0.6) is 5.75 Å². The molecule has 3 amide bonds. The SMILES string of the molecule is NC(=O)CNC(=O)c1cc2ccccc2cc1OCCCCNC(=O)C(N)C1CCCCC1. The highest BCUT2D eigenvalue weighted by molar-refractivity contribution is 6.02. The summed E-state index contributed by atoms with van der Waals surface area (Å²) in [5.74, 6) is -0.380. The Labute approximate surface area is 194 Å². The van der Waals surface area contributed by atoms with E-state index < -0.39 is 17.9 Å². The Hall–Kier alpha value is -3.13. The zero-order valence-electron chi connectivity index (χ0n) is 19.0. The zero-order valence-corrected chi connectivity index (χ0v) is 19.0. The van der Waals surface area contributed by atoms with Crippen LogP contribution in [0.15, 0.2) is 36.4 Å². The maximum absolute atomic E-state index is 12.6. The normalized spacial score (nSPS) is 15.1. The molecule has 3 rings (SSSR count). The van der Waals surface area contributed by atoms with Gasteiger partial charge in [0, 0.05) is 6.54 Å². The molecule has 0 radical (unpaired) electrons. The monoisotopic (exact) mass is 454 g/mol. The van der Waals surface area contributed by atoms with Gasteiger partial charge in [0.1, 0.15) is 5.75 Å². The Morgan fingerprint density at radius 1 is 1.00 bits per heavy atom. The van der Waals surface area contributed by atoms with Gasteiger partial charge in [-0.05, 0) is 54.5 Å². The number of hydrogen-bond acceptors (Lipinski definition) is 5. The molecule has 0 saturated heterocycles. The highest BCUT2D eigenvalue weighted by Gasteiger charge is 2.25. The summed E-state index contributed by atoms with van der Waals surface area (Å²) >= 11 is 0. The van der Waals surface area contributed by atoms with E-state index in [2.05, 4.69) is 10.6 Å². The van der Waals surface area contributed by atoms with E-state index >= 15 is 0 Å². The van der Waals surface area contributed by atoms with Gasteiger partial charge >= 0.3 is 0 Å². The number of amides is 3. The van der Waals surface area contributed by atoms with Crippen LogP contribution in [-0.4, -0.2) is 43.5 Å². The van der Waals surface area contributed by atoms with Gasteiger partial charge in [0.05, 0.1) is 24.8 Å². The second-order valence-electron chi connectivity index (χ2n) is 8.61. The maximum atomic E-state index is 12.6. The number of fused-ring (bicyclic) bond motifs is 1. The van der Waals surface area contributed by atoms with Crippen LogP contribution in [0.2, 0.25) is 0 Å². The first-order valence-electron chi connectivity index (χ1n) is 11.7. The molecule has 1 atom stereocenters. The van der Waals surface area contributed by atoms with E-state index in [1.54, 1.807) is 6.07 Å². The molecule has 1 saturated carbocycles. The molecular formula is C25H34N4O4. The molecule has 0 heterocycles. The lowest BCUT2D eigenvalue weighted by Crippen LogP contribution is -2.46. The number of ether oxygens (including phenoxy) is 1. The van der Waals surface area contributed by atoms with E-state index in [0.717, 1.165) is 42.9 Å². The first-order valence-corrected chi connectivity index (χ1v) is 11.7. The average Bonchev–Trinajstić information content (AvgIpc) is 2.84. The highest BCUT2D eigenvalue weighted by atomic mass is 16.5. The van der Waals surface area contributed by atoms with Crippen molar-refractivity contribution in [3.8, 4) is 5.75 Å². The molecule has 0 bridgehead atoms. The number of benzene rings is 2. The van der Waals surface area contributed by atoms with Gasteiger partial charge in [-0.2, -0.15) is 0 Å². The van der Waals surface area contributed by atoms with Crippen LogP contribution in [0.1, 0.15) is 55.3 Å². The Morgan fingerprint density at radius 3 is 2.39 bits per heavy atom. The number of primary amides is 1. The van der Waals surface area contributed by atoms with Crippen LogP contribution in [0.25, 0.3) is 10.8 Å². The Morgan fingerprint density at radius 2 is 1.70 bits per heavy atom. The lowest BCUT2D eigenvalue weighted by atomic mass is 9.84. The van der Waals surface area contributed by atoms with E-state index in [1.165, 1.54) is 6.42 Å². The fraction of sp³-hybridized carbons (Fsp3) is 0.480. The minimum absolute atomic E-state index is 0.0780. The first kappa shape index (κ1) is 24.5. The molecule has 1 aliphatic carbocycles. The molecule has 8 nitrogen and oxygen atoms in total. The molecule has 1 fully saturated rings. The van der Waals surface area contributed by atoms with E-state index in [0.29, 0.717) is 30.9 Å². The predicted octanol–water partition coefficient (Wildman–Crippen LogP) is 2.24. The van der Waals surface area contributed by atoms with E-state index in [9.17, 15) is 14.4 Å². The van der Waals surface area contributed by atoms with Crippen LogP contribution in [0.3, 0.4) is 0 Å². The first-order chi connectivity index (χ1) is 16.0. The van der Waals surface area contributed by atoms with Crippen molar-refractivity contribution in [1.29, 1.82) is 0 Å². The third kappa shape index (κ3) is 7.18. The lowest BCUT2D eigenvalue weighted by Gasteiger charge is -2.26. The number of carbonyl (C=O) groups excluding carboxylic acids is 3. The van der Waals surface area contributed by atoms with Gasteiger partial charge in [-0.15, -0.1) is 0 Å². The van der Waals surface area contributed by atoms with Gasteiger partial charge in [0.15, 0.2) is 0 Å². The Bertz CT molecular complexity index is 972. The number of nitrogens with one attached hydrogen (secondary N) is 2. The van der Waals surface area contributed by atoms with Gasteiger partial charge in [-0.3, -0.25) is 14.4 Å². The smallest absolute Gasteiger partial charge is 0.255 e. The number of carbonyl (C=O) groups is 3. The summed E-state index contributed by atoms with van der Waals surface area (Å²) in [6, 6.07) is 10.8. The van der Waals surface area contributed by atoms with E-state index in [4.69, 9.17) is 16.2 Å². The van der Waals surface area contributed by atoms with Gasteiger partial charge in [-0.25, -0.2) is 0 Å². The second-order valence-corrected chi connectivity index (χ2v) is 8.61. The van der Waals surface area contributed by atoms with Crippen molar-refractivity contribution in [1.82, 2.24) is 10.6 Å². The van der Waals surface area contributed by atoms with Crippen molar-refractivity contribution in [2.75, 3.05) is 19.7 Å². The van der Waals surface area contributed by atoms with Crippen molar-refractivity contribution < 1.29 is 19.1 Å². The summed E-state index contributed by atoms with van der Waals surface area (Å²) in [6.07, 6.45) is 7.04. The topological polar surface area (TPSA) is 137 Å². The molecule has 0 aromatic heterocycles. The zero-order chi connectivity index (χ0) is 23.6. The quantitative estimate of drug-likeness (QED) is 0.386. The van der Waals surface area contributed by atoms with Gasteiger partial charge in [-0.1, -0.05) is 43.5 Å². The lowest BCUT2D eigenvalue weighted by molar-refractivity contribution is -0.123. The summed E-state index contributed by atoms with van der Waals surface area (Å²) in [4.78, 5) is 35.9. The number of rotatable bonds is 11. The molecule has 1 aliphatic rings. The molecule has 8 heteroatoms. The minimum Gasteiger partial charge on any atom is -0.493 e. The largest absolute Gasteiger partial charge is 0.493 e. The summed E-state index contributed by atoms with van der Waals surface area (Å²) < 4.78 is 5.91. The summed E-state index contributed by atoms with van der Waals surface area (Å²) in [6.45, 7) is 0.680. The minimum atomic E-state index is -0.614. The summed E-state index contributed by atoms with van der Waals surface area (Å²) in [5.41, 5.74) is 11.6. The van der Waals surface area contributed by atoms with E-state index in [-0.39, 0.29) is 18.4 Å². The number of hydrogen-bond donors (Lipinski definition) is 4. The summed E-state index contributed by atoms with van der Waals surface area (Å²) in [7, 11) is 0. The highest BCUT2D eigenvalue weighted by Crippen LogP contribution is 2.27. The Balaban J connectivity index is 1.49. The van der Waals surface area contributed by atoms with Crippen molar-refractivity contribution in [3.05, 3.63) is 42.0 Å². The maximum Gasteiger partial charge on any atom is 0.255 e. The van der Waals surface area contributed by atoms with Crippen LogP contribution in [0, 0.1) is 5.92 Å². The van der Waals surface area contributed by atoms with Crippen molar-refractivity contribution in [3.63, 3.8) is 0 Å². The van der Waals surface area contributed by atoms with Crippen molar-refractivity contribution in [2.24, 2.45) is 17.4 Å². The van der Waals surface area contributed by atoms with Crippen LogP contribution in [0.4, 0.5) is 0 Å². The molecule has 2 aromatic carbocycles. The molecule has 33 heavy (non-hydrogen) atoms. The molecule has 0 aliphatic heterocycles. The van der Waals surface area contributed by atoms with Crippen LogP contribution in [-0.2, 0) is 9.59 Å². The van der Waals surface area contributed by atoms with Gasteiger partial charge in [0.25, 0.3) is 5.91 Å². The molecule has 6 N–H and O–H groups in total. The molecule has 0 spiro atoms. The van der Waals surface area contributed by atoms with Crippen molar-refractivity contribution in [2.45, 2.75) is 51.0 Å². The van der Waals surface area contributed by atoms with Crippen LogP contribution >= 0.6 is 0 Å². The molecule has 1 unspecified atom stereocenters. The third-order valence-electron chi connectivity index (χ3n) is 6.10. The van der Waals surface area contributed by atoms with Crippen molar-refractivity contribution >= 4 is 28.5 Å².